The number of hydrogen-bond donors (Lipinski definition) is 0. The molecule has 2 aromatic carbocycles. The van der Waals surface area contributed by atoms with Gasteiger partial charge in [0.05, 0.1) is 13.0 Å². The molecule has 0 spiro atoms. The summed E-state index contributed by atoms with van der Waals surface area (Å²) in [6.07, 6.45) is 0. The number of methoxy groups -OCH3 is 1. The van der Waals surface area contributed by atoms with E-state index < -0.39 is 29.4 Å². The van der Waals surface area contributed by atoms with E-state index in [1.54, 1.807) is 0 Å². The van der Waals surface area contributed by atoms with Crippen molar-refractivity contribution >= 4 is 5.97 Å². The Morgan fingerprint density at radius 2 is 1.75 bits per heavy atom. The molecular weight excluding hydrogens is 312 g/mol. The minimum Gasteiger partial charge on any atom is -0.469 e. The summed E-state index contributed by atoms with van der Waals surface area (Å²) in [6, 6.07) is 13.6. The van der Waals surface area contributed by atoms with E-state index in [1.165, 1.54) is 25.3 Å². The molecule has 3 nitrogen and oxygen atoms in total. The van der Waals surface area contributed by atoms with Crippen LogP contribution in [-0.2, 0) is 16.1 Å². The Labute approximate surface area is 139 Å². The van der Waals surface area contributed by atoms with Crippen LogP contribution in [0.1, 0.15) is 17.0 Å². The third kappa shape index (κ3) is 3.31. The van der Waals surface area contributed by atoms with Crippen molar-refractivity contribution in [3.63, 3.8) is 0 Å². The van der Waals surface area contributed by atoms with E-state index in [-0.39, 0.29) is 5.56 Å². The Bertz CT molecular complexity index is 700. The van der Waals surface area contributed by atoms with Crippen LogP contribution >= 0.6 is 0 Å². The lowest BCUT2D eigenvalue weighted by molar-refractivity contribution is -0.145. The topological polar surface area (TPSA) is 29.5 Å². The van der Waals surface area contributed by atoms with E-state index in [9.17, 15) is 13.6 Å². The van der Waals surface area contributed by atoms with Crippen LogP contribution in [0.15, 0.2) is 48.5 Å². The normalized spacial score (nSPS) is 21.0. The minimum atomic E-state index is -0.615. The molecule has 1 heterocycles. The van der Waals surface area contributed by atoms with Crippen LogP contribution in [0.3, 0.4) is 0 Å². The summed E-state index contributed by atoms with van der Waals surface area (Å²) in [7, 11) is 1.30. The second-order valence-corrected chi connectivity index (χ2v) is 6.05. The summed E-state index contributed by atoms with van der Waals surface area (Å²) >= 11 is 0. The van der Waals surface area contributed by atoms with Crippen molar-refractivity contribution in [3.8, 4) is 0 Å². The van der Waals surface area contributed by atoms with Gasteiger partial charge in [0.2, 0.25) is 0 Å². The molecule has 5 heteroatoms. The molecular formula is C19H19F2NO2. The number of carbonyl (C=O) groups is 1. The Kier molecular flexibility index (Phi) is 4.90. The first-order chi connectivity index (χ1) is 11.6. The highest BCUT2D eigenvalue weighted by molar-refractivity contribution is 5.74. The third-order valence-corrected chi connectivity index (χ3v) is 4.52. The summed E-state index contributed by atoms with van der Waals surface area (Å²) < 4.78 is 33.2. The first-order valence-corrected chi connectivity index (χ1v) is 7.88. The summed E-state index contributed by atoms with van der Waals surface area (Å²) in [5.74, 6) is -2.79. The number of benzene rings is 2. The van der Waals surface area contributed by atoms with E-state index in [4.69, 9.17) is 4.74 Å². The number of carbonyl (C=O) groups excluding carboxylic acids is 1. The molecule has 0 amide bonds. The van der Waals surface area contributed by atoms with Gasteiger partial charge in [-0.3, -0.25) is 9.69 Å². The maximum atomic E-state index is 14.2. The zero-order valence-corrected chi connectivity index (χ0v) is 13.4. The van der Waals surface area contributed by atoms with Gasteiger partial charge in [0, 0.05) is 31.1 Å². The van der Waals surface area contributed by atoms with Crippen molar-refractivity contribution in [1.82, 2.24) is 4.90 Å². The smallest absolute Gasteiger partial charge is 0.310 e. The molecule has 1 fully saturated rings. The van der Waals surface area contributed by atoms with Gasteiger partial charge in [0.15, 0.2) is 0 Å². The molecule has 1 saturated heterocycles. The van der Waals surface area contributed by atoms with Gasteiger partial charge in [-0.15, -0.1) is 0 Å². The Morgan fingerprint density at radius 3 is 2.38 bits per heavy atom. The molecule has 3 rings (SSSR count). The fraction of sp³-hybridized carbons (Fsp3) is 0.316. The van der Waals surface area contributed by atoms with Crippen molar-refractivity contribution in [2.75, 3.05) is 20.2 Å². The summed E-state index contributed by atoms with van der Waals surface area (Å²) in [4.78, 5) is 14.2. The monoisotopic (exact) mass is 331 g/mol. The summed E-state index contributed by atoms with van der Waals surface area (Å²) in [5, 5.41) is 0. The van der Waals surface area contributed by atoms with Crippen LogP contribution in [0.4, 0.5) is 8.78 Å². The highest BCUT2D eigenvalue weighted by Gasteiger charge is 2.41. The SMILES string of the molecule is COC(=O)C1CN(Cc2ccccc2)CC1c1c(F)cccc1F. The van der Waals surface area contributed by atoms with Gasteiger partial charge in [-0.25, -0.2) is 8.78 Å². The van der Waals surface area contributed by atoms with Crippen molar-refractivity contribution in [1.29, 1.82) is 0 Å². The first-order valence-electron chi connectivity index (χ1n) is 7.88. The second-order valence-electron chi connectivity index (χ2n) is 6.05. The predicted molar refractivity (Wildman–Crippen MR) is 86.3 cm³/mol. The molecule has 1 aliphatic heterocycles. The molecule has 2 aromatic rings. The standard InChI is InChI=1S/C19H19F2NO2/c1-24-19(23)15-12-22(10-13-6-3-2-4-7-13)11-14(15)18-16(20)8-5-9-17(18)21/h2-9,14-15H,10-12H2,1H3. The number of likely N-dealkylation sites (tertiary alicyclic amines) is 1. The molecule has 0 bridgehead atoms. The number of ether oxygens (including phenoxy) is 1. The van der Waals surface area contributed by atoms with Crippen molar-refractivity contribution in [3.05, 3.63) is 71.3 Å². The lowest BCUT2D eigenvalue weighted by Gasteiger charge is -2.18. The van der Waals surface area contributed by atoms with E-state index >= 15 is 0 Å². The fourth-order valence-electron chi connectivity index (χ4n) is 3.40. The predicted octanol–water partition coefficient (Wildman–Crippen LogP) is 3.35. The quantitative estimate of drug-likeness (QED) is 0.805. The molecule has 0 aromatic heterocycles. The molecule has 126 valence electrons. The lowest BCUT2D eigenvalue weighted by Crippen LogP contribution is -2.25. The van der Waals surface area contributed by atoms with Crippen LogP contribution < -0.4 is 0 Å². The maximum Gasteiger partial charge on any atom is 0.310 e. The van der Waals surface area contributed by atoms with Gasteiger partial charge in [0.25, 0.3) is 0 Å². The maximum absolute atomic E-state index is 14.2. The Balaban J connectivity index is 1.87. The highest BCUT2D eigenvalue weighted by Crippen LogP contribution is 2.36. The molecule has 2 unspecified atom stereocenters. The molecule has 24 heavy (non-hydrogen) atoms. The zero-order valence-electron chi connectivity index (χ0n) is 13.4. The van der Waals surface area contributed by atoms with E-state index in [0.29, 0.717) is 19.6 Å². The van der Waals surface area contributed by atoms with E-state index in [2.05, 4.69) is 0 Å². The number of nitrogens with zero attached hydrogens (tertiary/aromatic N) is 1. The largest absolute Gasteiger partial charge is 0.469 e. The van der Waals surface area contributed by atoms with Crippen molar-refractivity contribution in [2.24, 2.45) is 5.92 Å². The Hall–Kier alpha value is -2.27. The van der Waals surface area contributed by atoms with Crippen molar-refractivity contribution < 1.29 is 18.3 Å². The average Bonchev–Trinajstić information content (AvgIpc) is 2.98. The summed E-state index contributed by atoms with van der Waals surface area (Å²) in [5.41, 5.74) is 1.07. The van der Waals surface area contributed by atoms with Gasteiger partial charge in [-0.05, 0) is 17.7 Å². The van der Waals surface area contributed by atoms with Gasteiger partial charge >= 0.3 is 5.97 Å². The van der Waals surface area contributed by atoms with Crippen molar-refractivity contribution in [2.45, 2.75) is 12.5 Å². The van der Waals surface area contributed by atoms with E-state index in [0.717, 1.165) is 5.56 Å². The Morgan fingerprint density at radius 1 is 1.08 bits per heavy atom. The van der Waals surface area contributed by atoms with Crippen LogP contribution in [0.2, 0.25) is 0 Å². The summed E-state index contributed by atoms with van der Waals surface area (Å²) in [6.45, 7) is 1.45. The average molecular weight is 331 g/mol. The molecule has 0 aliphatic carbocycles. The van der Waals surface area contributed by atoms with Crippen LogP contribution in [0.5, 0.6) is 0 Å². The number of esters is 1. The van der Waals surface area contributed by atoms with Gasteiger partial charge in [0.1, 0.15) is 11.6 Å². The fourth-order valence-corrected chi connectivity index (χ4v) is 3.40. The lowest BCUT2D eigenvalue weighted by atomic mass is 9.88. The molecule has 0 N–H and O–H groups in total. The minimum absolute atomic E-state index is 0.0246. The zero-order chi connectivity index (χ0) is 17.1. The first kappa shape index (κ1) is 16.6. The molecule has 0 saturated carbocycles. The number of rotatable bonds is 4. The van der Waals surface area contributed by atoms with Gasteiger partial charge < -0.3 is 4.74 Å². The highest BCUT2D eigenvalue weighted by atomic mass is 19.1. The molecule has 1 aliphatic rings. The third-order valence-electron chi connectivity index (χ3n) is 4.52. The van der Waals surface area contributed by atoms with Crippen LogP contribution in [0.25, 0.3) is 0 Å². The molecule has 0 radical (unpaired) electrons. The van der Waals surface area contributed by atoms with Gasteiger partial charge in [-0.1, -0.05) is 36.4 Å². The number of hydrogen-bond acceptors (Lipinski definition) is 3. The molecule has 2 atom stereocenters. The number of halogens is 2. The van der Waals surface area contributed by atoms with Crippen LogP contribution in [0, 0.1) is 17.6 Å². The second kappa shape index (κ2) is 7.09. The van der Waals surface area contributed by atoms with Gasteiger partial charge in [-0.2, -0.15) is 0 Å². The van der Waals surface area contributed by atoms with Crippen LogP contribution in [-0.4, -0.2) is 31.1 Å². The van der Waals surface area contributed by atoms with E-state index in [1.807, 2.05) is 35.2 Å².